The minimum absolute atomic E-state index is 0.0953. The maximum atomic E-state index is 10.9. The van der Waals surface area contributed by atoms with E-state index in [0.717, 1.165) is 25.2 Å². The number of thiazole rings is 1. The van der Waals surface area contributed by atoms with Crippen molar-refractivity contribution in [3.8, 4) is 0 Å². The van der Waals surface area contributed by atoms with Gasteiger partial charge < -0.3 is 10.4 Å². The Labute approximate surface area is 111 Å². The summed E-state index contributed by atoms with van der Waals surface area (Å²) in [5.41, 5.74) is 0.962. The zero-order chi connectivity index (χ0) is 13.0. The summed E-state index contributed by atoms with van der Waals surface area (Å²) in [5, 5.41) is 14.7. The maximum absolute atomic E-state index is 10.9. The van der Waals surface area contributed by atoms with E-state index in [0.29, 0.717) is 5.13 Å². The molecule has 1 saturated heterocycles. The number of hydrogen-bond donors (Lipinski definition) is 2. The van der Waals surface area contributed by atoms with Crippen LogP contribution in [0.25, 0.3) is 0 Å². The number of carbonyl (C=O) groups is 1. The molecule has 5 nitrogen and oxygen atoms in total. The average molecular weight is 269 g/mol. The van der Waals surface area contributed by atoms with Crippen LogP contribution >= 0.6 is 11.3 Å². The summed E-state index contributed by atoms with van der Waals surface area (Å²) in [5.74, 6) is -0.0953. The lowest BCUT2D eigenvalue weighted by atomic mass is 10.0. The normalized spacial score (nSPS) is 20.9. The number of likely N-dealkylation sites (tertiary alicyclic amines) is 1. The molecule has 1 aliphatic rings. The van der Waals surface area contributed by atoms with Gasteiger partial charge in [-0.15, -0.1) is 11.3 Å². The van der Waals surface area contributed by atoms with E-state index in [2.05, 4.69) is 15.2 Å². The van der Waals surface area contributed by atoms with E-state index in [9.17, 15) is 9.90 Å². The number of amides is 1. The number of piperidine rings is 1. The topological polar surface area (TPSA) is 65.5 Å². The monoisotopic (exact) mass is 269 g/mol. The molecule has 0 spiro atoms. The first kappa shape index (κ1) is 13.5. The molecule has 0 aliphatic carbocycles. The Morgan fingerprint density at radius 1 is 1.67 bits per heavy atom. The van der Waals surface area contributed by atoms with Gasteiger partial charge in [0, 0.05) is 24.9 Å². The summed E-state index contributed by atoms with van der Waals surface area (Å²) < 4.78 is 0. The highest BCUT2D eigenvalue weighted by molar-refractivity contribution is 7.13. The third-order valence-corrected chi connectivity index (χ3v) is 3.97. The number of carbonyl (C=O) groups excluding carboxylic acids is 1. The van der Waals surface area contributed by atoms with Gasteiger partial charge in [-0.1, -0.05) is 6.42 Å². The van der Waals surface area contributed by atoms with Crippen molar-refractivity contribution in [2.24, 2.45) is 0 Å². The van der Waals surface area contributed by atoms with Gasteiger partial charge in [0.25, 0.3) is 0 Å². The summed E-state index contributed by atoms with van der Waals surface area (Å²) in [6, 6.07) is 0.254. The molecular formula is C12H19N3O2S. The van der Waals surface area contributed by atoms with Crippen LogP contribution < -0.4 is 5.32 Å². The molecule has 1 atom stereocenters. The third-order valence-electron chi connectivity index (χ3n) is 3.16. The zero-order valence-electron chi connectivity index (χ0n) is 10.6. The highest BCUT2D eigenvalue weighted by Crippen LogP contribution is 2.21. The summed E-state index contributed by atoms with van der Waals surface area (Å²) in [6.07, 6.45) is 3.42. The summed E-state index contributed by atoms with van der Waals surface area (Å²) in [7, 11) is 0. The van der Waals surface area contributed by atoms with Gasteiger partial charge in [0.15, 0.2) is 5.13 Å². The number of nitrogens with zero attached hydrogens (tertiary/aromatic N) is 2. The molecule has 2 rings (SSSR count). The average Bonchev–Trinajstić information content (AvgIpc) is 2.76. The minimum atomic E-state index is -0.0953. The Bertz CT molecular complexity index is 408. The Hall–Kier alpha value is -0.980. The van der Waals surface area contributed by atoms with Crippen molar-refractivity contribution in [2.45, 2.75) is 38.8 Å². The van der Waals surface area contributed by atoms with Crippen LogP contribution in [0.15, 0.2) is 5.38 Å². The van der Waals surface area contributed by atoms with Crippen molar-refractivity contribution in [3.05, 3.63) is 11.1 Å². The van der Waals surface area contributed by atoms with Crippen LogP contribution in [-0.2, 0) is 11.3 Å². The molecule has 2 heterocycles. The van der Waals surface area contributed by atoms with E-state index in [1.54, 1.807) is 0 Å². The molecule has 1 fully saturated rings. The second-order valence-electron chi connectivity index (χ2n) is 4.63. The Morgan fingerprint density at radius 3 is 3.22 bits per heavy atom. The molecule has 1 unspecified atom stereocenters. The first-order valence-corrected chi connectivity index (χ1v) is 7.14. The van der Waals surface area contributed by atoms with Crippen molar-refractivity contribution < 1.29 is 9.90 Å². The fraction of sp³-hybridized carbons (Fsp3) is 0.667. The van der Waals surface area contributed by atoms with Crippen LogP contribution in [0.5, 0.6) is 0 Å². The molecule has 1 aliphatic heterocycles. The van der Waals surface area contributed by atoms with Gasteiger partial charge in [-0.2, -0.15) is 0 Å². The summed E-state index contributed by atoms with van der Waals surface area (Å²) >= 11 is 1.44. The summed E-state index contributed by atoms with van der Waals surface area (Å²) in [6.45, 7) is 3.45. The number of aliphatic hydroxyl groups excluding tert-OH is 1. The van der Waals surface area contributed by atoms with Gasteiger partial charge in [0.1, 0.15) is 0 Å². The van der Waals surface area contributed by atoms with Crippen molar-refractivity contribution in [1.29, 1.82) is 0 Å². The van der Waals surface area contributed by atoms with E-state index in [1.165, 1.54) is 31.1 Å². The zero-order valence-corrected chi connectivity index (χ0v) is 11.4. The number of aromatic nitrogens is 1. The SMILES string of the molecule is CC(=O)Nc1nc(CN2CCCCC2CO)cs1. The predicted molar refractivity (Wildman–Crippen MR) is 71.6 cm³/mol. The fourth-order valence-electron chi connectivity index (χ4n) is 2.27. The highest BCUT2D eigenvalue weighted by atomic mass is 32.1. The van der Waals surface area contributed by atoms with Crippen molar-refractivity contribution in [3.63, 3.8) is 0 Å². The lowest BCUT2D eigenvalue weighted by Crippen LogP contribution is -2.41. The van der Waals surface area contributed by atoms with E-state index in [-0.39, 0.29) is 18.6 Å². The second kappa shape index (κ2) is 6.26. The van der Waals surface area contributed by atoms with Crippen LogP contribution in [-0.4, -0.2) is 40.1 Å². The first-order chi connectivity index (χ1) is 8.69. The van der Waals surface area contributed by atoms with E-state index < -0.39 is 0 Å². The summed E-state index contributed by atoms with van der Waals surface area (Å²) in [4.78, 5) is 17.6. The Kier molecular flexibility index (Phi) is 4.68. The lowest BCUT2D eigenvalue weighted by Gasteiger charge is -2.33. The fourth-order valence-corrected chi connectivity index (χ4v) is 3.02. The second-order valence-corrected chi connectivity index (χ2v) is 5.49. The number of hydrogen-bond acceptors (Lipinski definition) is 5. The predicted octanol–water partition coefficient (Wildman–Crippen LogP) is 1.45. The molecule has 1 aromatic heterocycles. The molecule has 18 heavy (non-hydrogen) atoms. The smallest absolute Gasteiger partial charge is 0.223 e. The Morgan fingerprint density at radius 2 is 2.50 bits per heavy atom. The molecule has 1 amide bonds. The van der Waals surface area contributed by atoms with E-state index >= 15 is 0 Å². The maximum Gasteiger partial charge on any atom is 0.223 e. The van der Waals surface area contributed by atoms with Crippen LogP contribution in [0, 0.1) is 0 Å². The van der Waals surface area contributed by atoms with E-state index in [4.69, 9.17) is 0 Å². The molecule has 6 heteroatoms. The number of anilines is 1. The lowest BCUT2D eigenvalue weighted by molar-refractivity contribution is -0.114. The molecule has 0 saturated carbocycles. The van der Waals surface area contributed by atoms with Gasteiger partial charge in [-0.25, -0.2) is 4.98 Å². The number of rotatable bonds is 4. The molecule has 2 N–H and O–H groups in total. The van der Waals surface area contributed by atoms with Gasteiger partial charge in [0.2, 0.25) is 5.91 Å². The molecule has 1 aromatic rings. The minimum Gasteiger partial charge on any atom is -0.395 e. The highest BCUT2D eigenvalue weighted by Gasteiger charge is 2.22. The van der Waals surface area contributed by atoms with Crippen molar-refractivity contribution in [2.75, 3.05) is 18.5 Å². The number of aliphatic hydroxyl groups is 1. The third kappa shape index (κ3) is 3.51. The molecule has 100 valence electrons. The quantitative estimate of drug-likeness (QED) is 0.868. The van der Waals surface area contributed by atoms with Gasteiger partial charge >= 0.3 is 0 Å². The van der Waals surface area contributed by atoms with Crippen molar-refractivity contribution in [1.82, 2.24) is 9.88 Å². The molecule has 0 aromatic carbocycles. The number of nitrogens with one attached hydrogen (secondary N) is 1. The van der Waals surface area contributed by atoms with E-state index in [1.807, 2.05) is 5.38 Å². The van der Waals surface area contributed by atoms with Gasteiger partial charge in [0.05, 0.1) is 12.3 Å². The first-order valence-electron chi connectivity index (χ1n) is 6.26. The van der Waals surface area contributed by atoms with Gasteiger partial charge in [-0.05, 0) is 19.4 Å². The molecular weight excluding hydrogens is 250 g/mol. The standard InChI is InChI=1S/C12H19N3O2S/c1-9(17)13-12-14-10(8-18-12)6-15-5-3-2-4-11(15)7-16/h8,11,16H,2-7H2,1H3,(H,13,14,17). The Balaban J connectivity index is 1.95. The largest absolute Gasteiger partial charge is 0.395 e. The van der Waals surface area contributed by atoms with Crippen molar-refractivity contribution >= 4 is 22.4 Å². The molecule has 0 radical (unpaired) electrons. The molecule has 0 bridgehead atoms. The van der Waals surface area contributed by atoms with Crippen LogP contribution in [0.3, 0.4) is 0 Å². The van der Waals surface area contributed by atoms with Crippen LogP contribution in [0.4, 0.5) is 5.13 Å². The van der Waals surface area contributed by atoms with Crippen LogP contribution in [0.2, 0.25) is 0 Å². The van der Waals surface area contributed by atoms with Gasteiger partial charge in [-0.3, -0.25) is 9.69 Å². The van der Waals surface area contributed by atoms with Crippen LogP contribution in [0.1, 0.15) is 31.9 Å².